The summed E-state index contributed by atoms with van der Waals surface area (Å²) in [6.07, 6.45) is 4.70. The van der Waals surface area contributed by atoms with Crippen LogP contribution in [0.5, 0.6) is 0 Å². The average molecular weight is 283 g/mol. The molecule has 0 atom stereocenters. The van der Waals surface area contributed by atoms with E-state index < -0.39 is 0 Å². The lowest BCUT2D eigenvalue weighted by atomic mass is 10.3. The van der Waals surface area contributed by atoms with E-state index in [4.69, 9.17) is 0 Å². The maximum atomic E-state index is 4.56. The van der Waals surface area contributed by atoms with Gasteiger partial charge in [0.25, 0.3) is 0 Å². The van der Waals surface area contributed by atoms with Gasteiger partial charge in [-0.15, -0.1) is 0 Å². The molecule has 0 amide bonds. The summed E-state index contributed by atoms with van der Waals surface area (Å²) in [5.74, 6) is 0. The number of hydrogen-bond acceptors (Lipinski definition) is 2. The van der Waals surface area contributed by atoms with Crippen LogP contribution in [0.3, 0.4) is 0 Å². The van der Waals surface area contributed by atoms with Crippen molar-refractivity contribution < 1.29 is 0 Å². The van der Waals surface area contributed by atoms with Gasteiger partial charge in [-0.3, -0.25) is 9.36 Å². The van der Waals surface area contributed by atoms with E-state index in [2.05, 4.69) is 40.0 Å². The Hall–Kier alpha value is -1.10. The Morgan fingerprint density at radius 2 is 2.19 bits per heavy atom. The highest BCUT2D eigenvalue weighted by atomic mass is 79.9. The van der Waals surface area contributed by atoms with E-state index in [1.165, 1.54) is 5.69 Å². The lowest BCUT2D eigenvalue weighted by molar-refractivity contribution is 0.572. The van der Waals surface area contributed by atoms with Crippen molar-refractivity contribution in [1.82, 2.24) is 19.6 Å². The zero-order chi connectivity index (χ0) is 11.5. The molecule has 0 N–H and O–H groups in total. The van der Waals surface area contributed by atoms with Gasteiger partial charge in [0.2, 0.25) is 0 Å². The first-order valence-corrected chi connectivity index (χ1v) is 6.27. The fourth-order valence-electron chi connectivity index (χ4n) is 1.72. The second-order valence-corrected chi connectivity index (χ2v) is 4.37. The molecular formula is C11H15BrN4. The summed E-state index contributed by atoms with van der Waals surface area (Å²) in [7, 11) is 0. The Balaban J connectivity index is 2.35. The predicted molar refractivity (Wildman–Crippen MR) is 66.3 cm³/mol. The molecule has 5 heteroatoms. The molecule has 0 aliphatic carbocycles. The molecule has 16 heavy (non-hydrogen) atoms. The zero-order valence-electron chi connectivity index (χ0n) is 9.52. The summed E-state index contributed by atoms with van der Waals surface area (Å²) in [4.78, 5) is 0. The van der Waals surface area contributed by atoms with Gasteiger partial charge in [-0.1, -0.05) is 6.92 Å². The van der Waals surface area contributed by atoms with Gasteiger partial charge in [0.05, 0.1) is 22.4 Å². The van der Waals surface area contributed by atoms with Crippen molar-refractivity contribution in [3.8, 4) is 0 Å². The summed E-state index contributed by atoms with van der Waals surface area (Å²) in [5, 5.41) is 8.77. The molecule has 2 rings (SSSR count). The van der Waals surface area contributed by atoms with Gasteiger partial charge in [-0.05, 0) is 35.3 Å². The first kappa shape index (κ1) is 11.4. The van der Waals surface area contributed by atoms with E-state index in [1.807, 2.05) is 21.6 Å². The van der Waals surface area contributed by atoms with E-state index >= 15 is 0 Å². The number of aromatic nitrogens is 4. The molecule has 0 fully saturated rings. The van der Waals surface area contributed by atoms with Crippen molar-refractivity contribution >= 4 is 15.9 Å². The molecule has 0 unspecified atom stereocenters. The van der Waals surface area contributed by atoms with Crippen LogP contribution >= 0.6 is 15.9 Å². The molecule has 0 radical (unpaired) electrons. The predicted octanol–water partition coefficient (Wildman–Crippen LogP) is 2.47. The van der Waals surface area contributed by atoms with Crippen molar-refractivity contribution in [2.45, 2.75) is 33.4 Å². The summed E-state index contributed by atoms with van der Waals surface area (Å²) in [6, 6.07) is 1.93. The molecule has 0 bridgehead atoms. The quantitative estimate of drug-likeness (QED) is 0.864. The Morgan fingerprint density at radius 3 is 2.75 bits per heavy atom. The van der Waals surface area contributed by atoms with Gasteiger partial charge >= 0.3 is 0 Å². The largest absolute Gasteiger partial charge is 0.267 e. The number of halogens is 1. The smallest absolute Gasteiger partial charge is 0.0839 e. The minimum absolute atomic E-state index is 0.758. The standard InChI is InChI=1S/C11H15BrN4/c1-3-9-11(12)10(16(4-2)14-9)8-15-7-5-6-13-15/h5-7H,3-4,8H2,1-2H3. The maximum Gasteiger partial charge on any atom is 0.0839 e. The van der Waals surface area contributed by atoms with Crippen molar-refractivity contribution in [2.24, 2.45) is 0 Å². The van der Waals surface area contributed by atoms with E-state index in [9.17, 15) is 0 Å². The van der Waals surface area contributed by atoms with Gasteiger partial charge in [-0.25, -0.2) is 0 Å². The Labute approximate surface area is 103 Å². The van der Waals surface area contributed by atoms with Crippen molar-refractivity contribution in [1.29, 1.82) is 0 Å². The lowest BCUT2D eigenvalue weighted by Gasteiger charge is -2.05. The summed E-state index contributed by atoms with van der Waals surface area (Å²) in [6.45, 7) is 5.86. The molecule has 2 aromatic rings. The second-order valence-electron chi connectivity index (χ2n) is 3.58. The summed E-state index contributed by atoms with van der Waals surface area (Å²) in [5.41, 5.74) is 2.30. The normalized spacial score (nSPS) is 10.9. The maximum absolute atomic E-state index is 4.56. The van der Waals surface area contributed by atoms with Gasteiger partial charge in [0.15, 0.2) is 0 Å². The zero-order valence-corrected chi connectivity index (χ0v) is 11.1. The minimum Gasteiger partial charge on any atom is -0.267 e. The molecule has 0 aliphatic rings. The first-order chi connectivity index (χ1) is 7.76. The molecule has 0 spiro atoms. The number of nitrogens with zero attached hydrogens (tertiary/aromatic N) is 4. The molecule has 0 aliphatic heterocycles. The third kappa shape index (κ3) is 2.04. The van der Waals surface area contributed by atoms with E-state index in [0.717, 1.165) is 29.7 Å². The summed E-state index contributed by atoms with van der Waals surface area (Å²) >= 11 is 3.62. The van der Waals surface area contributed by atoms with E-state index in [1.54, 1.807) is 6.20 Å². The third-order valence-electron chi connectivity index (χ3n) is 2.57. The Morgan fingerprint density at radius 1 is 1.38 bits per heavy atom. The molecule has 2 heterocycles. The van der Waals surface area contributed by atoms with Crippen LogP contribution in [-0.4, -0.2) is 19.6 Å². The summed E-state index contributed by atoms with van der Waals surface area (Å²) < 4.78 is 5.06. The van der Waals surface area contributed by atoms with E-state index in [0.29, 0.717) is 0 Å². The molecular weight excluding hydrogens is 268 g/mol. The minimum atomic E-state index is 0.758. The van der Waals surface area contributed by atoms with Crippen LogP contribution in [0.1, 0.15) is 25.2 Å². The van der Waals surface area contributed by atoms with Gasteiger partial charge in [0, 0.05) is 18.9 Å². The van der Waals surface area contributed by atoms with Crippen LogP contribution < -0.4 is 0 Å². The number of hydrogen-bond donors (Lipinski definition) is 0. The third-order valence-corrected chi connectivity index (χ3v) is 3.48. The van der Waals surface area contributed by atoms with Crippen molar-refractivity contribution in [3.63, 3.8) is 0 Å². The van der Waals surface area contributed by atoms with Gasteiger partial charge in [0.1, 0.15) is 0 Å². The fourth-order valence-corrected chi connectivity index (χ4v) is 2.41. The van der Waals surface area contributed by atoms with Crippen LogP contribution in [0.25, 0.3) is 0 Å². The molecule has 0 aromatic carbocycles. The molecule has 4 nitrogen and oxygen atoms in total. The SMILES string of the molecule is CCc1nn(CC)c(Cn2cccn2)c1Br. The van der Waals surface area contributed by atoms with Crippen LogP contribution in [0.15, 0.2) is 22.9 Å². The highest BCUT2D eigenvalue weighted by Gasteiger charge is 2.13. The number of rotatable bonds is 4. The molecule has 0 saturated carbocycles. The Kier molecular flexibility index (Phi) is 3.43. The molecule has 0 saturated heterocycles. The topological polar surface area (TPSA) is 35.6 Å². The fraction of sp³-hybridized carbons (Fsp3) is 0.455. The van der Waals surface area contributed by atoms with Crippen LogP contribution in [0.4, 0.5) is 0 Å². The highest BCUT2D eigenvalue weighted by molar-refractivity contribution is 9.10. The Bertz CT molecular complexity index is 459. The van der Waals surface area contributed by atoms with Gasteiger partial charge < -0.3 is 0 Å². The van der Waals surface area contributed by atoms with Crippen LogP contribution in [0.2, 0.25) is 0 Å². The highest BCUT2D eigenvalue weighted by Crippen LogP contribution is 2.22. The lowest BCUT2D eigenvalue weighted by Crippen LogP contribution is -2.08. The van der Waals surface area contributed by atoms with E-state index in [-0.39, 0.29) is 0 Å². The van der Waals surface area contributed by atoms with Crippen LogP contribution in [0, 0.1) is 0 Å². The molecule has 2 aromatic heterocycles. The van der Waals surface area contributed by atoms with Crippen molar-refractivity contribution in [3.05, 3.63) is 34.3 Å². The average Bonchev–Trinajstić information content (AvgIpc) is 2.89. The number of aryl methyl sites for hydroxylation is 2. The monoisotopic (exact) mass is 282 g/mol. The van der Waals surface area contributed by atoms with Crippen LogP contribution in [-0.2, 0) is 19.5 Å². The second kappa shape index (κ2) is 4.82. The first-order valence-electron chi connectivity index (χ1n) is 5.47. The van der Waals surface area contributed by atoms with Crippen molar-refractivity contribution in [2.75, 3.05) is 0 Å². The van der Waals surface area contributed by atoms with Gasteiger partial charge in [-0.2, -0.15) is 10.2 Å². The molecule has 86 valence electrons.